The van der Waals surface area contributed by atoms with Crippen molar-refractivity contribution in [3.05, 3.63) is 47.5 Å². The Morgan fingerprint density at radius 2 is 1.76 bits per heavy atom. The Morgan fingerprint density at radius 3 is 2.38 bits per heavy atom. The lowest BCUT2D eigenvalue weighted by Gasteiger charge is -2.11. The van der Waals surface area contributed by atoms with Crippen LogP contribution in [-0.2, 0) is 0 Å². The van der Waals surface area contributed by atoms with Crippen LogP contribution in [0, 0.1) is 6.92 Å². The molecule has 0 saturated carbocycles. The van der Waals surface area contributed by atoms with Crippen LogP contribution in [0.5, 0.6) is 11.5 Å². The number of ether oxygens (including phenoxy) is 2. The summed E-state index contributed by atoms with van der Waals surface area (Å²) in [6, 6.07) is 10.4. The third kappa shape index (κ3) is 3.25. The van der Waals surface area contributed by atoms with Crippen LogP contribution in [0.25, 0.3) is 0 Å². The summed E-state index contributed by atoms with van der Waals surface area (Å²) < 4.78 is 10.3. The molecule has 0 unspecified atom stereocenters. The van der Waals surface area contributed by atoms with Crippen LogP contribution < -0.4 is 20.5 Å². The fraction of sp³-hybridized carbons (Fsp3) is 0.188. The van der Waals surface area contributed by atoms with Gasteiger partial charge < -0.3 is 20.5 Å². The van der Waals surface area contributed by atoms with E-state index < -0.39 is 0 Å². The summed E-state index contributed by atoms with van der Waals surface area (Å²) in [7, 11) is 3.08. The van der Waals surface area contributed by atoms with E-state index in [1.165, 1.54) is 7.11 Å². The SMILES string of the molecule is COc1ccc(C(=O)Nc2ccc(N)cc2C)cc1OC. The van der Waals surface area contributed by atoms with Gasteiger partial charge in [0.1, 0.15) is 0 Å². The topological polar surface area (TPSA) is 73.6 Å². The van der Waals surface area contributed by atoms with Crippen molar-refractivity contribution < 1.29 is 14.3 Å². The number of benzene rings is 2. The van der Waals surface area contributed by atoms with Gasteiger partial charge in [-0.05, 0) is 48.9 Å². The first-order chi connectivity index (χ1) is 10.0. The van der Waals surface area contributed by atoms with Gasteiger partial charge in [-0.1, -0.05) is 0 Å². The molecule has 0 atom stereocenters. The van der Waals surface area contributed by atoms with E-state index in [9.17, 15) is 4.79 Å². The van der Waals surface area contributed by atoms with Gasteiger partial charge in [-0.25, -0.2) is 0 Å². The number of nitrogen functional groups attached to an aromatic ring is 1. The number of aryl methyl sites for hydroxylation is 1. The highest BCUT2D eigenvalue weighted by Gasteiger charge is 2.11. The lowest BCUT2D eigenvalue weighted by Crippen LogP contribution is -2.13. The molecule has 1 amide bonds. The Balaban J connectivity index is 2.24. The van der Waals surface area contributed by atoms with Crippen molar-refractivity contribution in [3.63, 3.8) is 0 Å². The Bertz CT molecular complexity index is 669. The van der Waals surface area contributed by atoms with Gasteiger partial charge in [0, 0.05) is 16.9 Å². The quantitative estimate of drug-likeness (QED) is 0.848. The highest BCUT2D eigenvalue weighted by atomic mass is 16.5. The summed E-state index contributed by atoms with van der Waals surface area (Å²) in [6.07, 6.45) is 0. The highest BCUT2D eigenvalue weighted by Crippen LogP contribution is 2.28. The van der Waals surface area contributed by atoms with Crippen LogP contribution in [0.4, 0.5) is 11.4 Å². The van der Waals surface area contributed by atoms with E-state index in [0.717, 1.165) is 11.3 Å². The maximum absolute atomic E-state index is 12.3. The minimum atomic E-state index is -0.219. The number of amides is 1. The maximum atomic E-state index is 12.3. The van der Waals surface area contributed by atoms with E-state index in [1.807, 2.05) is 13.0 Å². The van der Waals surface area contributed by atoms with E-state index in [-0.39, 0.29) is 5.91 Å². The molecule has 21 heavy (non-hydrogen) atoms. The van der Waals surface area contributed by atoms with Crippen LogP contribution in [-0.4, -0.2) is 20.1 Å². The zero-order valence-corrected chi connectivity index (χ0v) is 12.3. The first-order valence-electron chi connectivity index (χ1n) is 6.44. The van der Waals surface area contributed by atoms with Crippen LogP contribution in [0.3, 0.4) is 0 Å². The summed E-state index contributed by atoms with van der Waals surface area (Å²) >= 11 is 0. The van der Waals surface area contributed by atoms with Gasteiger partial charge in [0.05, 0.1) is 14.2 Å². The fourth-order valence-electron chi connectivity index (χ4n) is 2.00. The molecule has 2 aromatic carbocycles. The maximum Gasteiger partial charge on any atom is 0.255 e. The van der Waals surface area contributed by atoms with Gasteiger partial charge in [-0.15, -0.1) is 0 Å². The van der Waals surface area contributed by atoms with Gasteiger partial charge in [0.15, 0.2) is 11.5 Å². The molecule has 0 aliphatic heterocycles. The molecular formula is C16H18N2O3. The van der Waals surface area contributed by atoms with Gasteiger partial charge >= 0.3 is 0 Å². The molecule has 2 rings (SSSR count). The minimum Gasteiger partial charge on any atom is -0.493 e. The van der Waals surface area contributed by atoms with Crippen LogP contribution in [0.1, 0.15) is 15.9 Å². The van der Waals surface area contributed by atoms with E-state index in [1.54, 1.807) is 37.4 Å². The third-order valence-electron chi connectivity index (χ3n) is 3.14. The predicted octanol–water partition coefficient (Wildman–Crippen LogP) is 2.85. The molecule has 0 aromatic heterocycles. The molecule has 0 aliphatic carbocycles. The lowest BCUT2D eigenvalue weighted by molar-refractivity contribution is 0.102. The summed E-state index contributed by atoms with van der Waals surface area (Å²) in [5.74, 6) is 0.876. The molecule has 0 spiro atoms. The van der Waals surface area contributed by atoms with Crippen molar-refractivity contribution in [1.82, 2.24) is 0 Å². The van der Waals surface area contributed by atoms with Crippen molar-refractivity contribution in [2.75, 3.05) is 25.3 Å². The summed E-state index contributed by atoms with van der Waals surface area (Å²) in [5.41, 5.74) is 8.48. The molecule has 0 aliphatic rings. The van der Waals surface area contributed by atoms with Gasteiger partial charge in [-0.3, -0.25) is 4.79 Å². The Labute approximate surface area is 123 Å². The van der Waals surface area contributed by atoms with Gasteiger partial charge in [0.2, 0.25) is 0 Å². The number of carbonyl (C=O) groups excluding carboxylic acids is 1. The van der Waals surface area contributed by atoms with Crippen molar-refractivity contribution in [2.45, 2.75) is 6.92 Å². The number of nitrogens with two attached hydrogens (primary N) is 1. The first-order valence-corrected chi connectivity index (χ1v) is 6.44. The second-order valence-corrected chi connectivity index (χ2v) is 4.60. The normalized spacial score (nSPS) is 10.0. The molecule has 5 nitrogen and oxygen atoms in total. The smallest absolute Gasteiger partial charge is 0.255 e. The molecule has 5 heteroatoms. The molecule has 0 radical (unpaired) electrons. The van der Waals surface area contributed by atoms with E-state index >= 15 is 0 Å². The fourth-order valence-corrected chi connectivity index (χ4v) is 2.00. The number of carbonyl (C=O) groups is 1. The zero-order valence-electron chi connectivity index (χ0n) is 12.3. The zero-order chi connectivity index (χ0) is 15.4. The molecule has 0 saturated heterocycles. The number of rotatable bonds is 4. The summed E-state index contributed by atoms with van der Waals surface area (Å²) in [5, 5.41) is 2.85. The molecule has 0 bridgehead atoms. The van der Waals surface area contributed by atoms with Crippen molar-refractivity contribution in [3.8, 4) is 11.5 Å². The number of methoxy groups -OCH3 is 2. The standard InChI is InChI=1S/C16H18N2O3/c1-10-8-12(17)5-6-13(10)18-16(19)11-4-7-14(20-2)15(9-11)21-3/h4-9H,17H2,1-3H3,(H,18,19). The average Bonchev–Trinajstić information content (AvgIpc) is 2.49. The second-order valence-electron chi connectivity index (χ2n) is 4.60. The lowest BCUT2D eigenvalue weighted by atomic mass is 10.1. The Morgan fingerprint density at radius 1 is 1.05 bits per heavy atom. The molecule has 3 N–H and O–H groups in total. The molecule has 2 aromatic rings. The predicted molar refractivity (Wildman–Crippen MR) is 83.1 cm³/mol. The van der Waals surface area contributed by atoms with Gasteiger partial charge in [-0.2, -0.15) is 0 Å². The Kier molecular flexibility index (Phi) is 4.33. The largest absolute Gasteiger partial charge is 0.493 e. The third-order valence-corrected chi connectivity index (χ3v) is 3.14. The summed E-state index contributed by atoms with van der Waals surface area (Å²) in [6.45, 7) is 1.89. The van der Waals surface area contributed by atoms with E-state index in [4.69, 9.17) is 15.2 Å². The first kappa shape index (κ1) is 14.7. The van der Waals surface area contributed by atoms with Crippen molar-refractivity contribution >= 4 is 17.3 Å². The summed E-state index contributed by atoms with van der Waals surface area (Å²) in [4.78, 5) is 12.3. The van der Waals surface area contributed by atoms with E-state index in [2.05, 4.69) is 5.32 Å². The van der Waals surface area contributed by atoms with Crippen LogP contribution in [0.2, 0.25) is 0 Å². The van der Waals surface area contributed by atoms with Crippen LogP contribution in [0.15, 0.2) is 36.4 Å². The molecule has 0 fully saturated rings. The number of hydrogen-bond donors (Lipinski definition) is 2. The highest BCUT2D eigenvalue weighted by molar-refractivity contribution is 6.05. The number of hydrogen-bond acceptors (Lipinski definition) is 4. The molecule has 0 heterocycles. The Hall–Kier alpha value is -2.69. The number of anilines is 2. The average molecular weight is 286 g/mol. The molecule has 110 valence electrons. The van der Waals surface area contributed by atoms with Crippen LogP contribution >= 0.6 is 0 Å². The monoisotopic (exact) mass is 286 g/mol. The van der Waals surface area contributed by atoms with Crippen molar-refractivity contribution in [1.29, 1.82) is 0 Å². The number of nitrogens with one attached hydrogen (secondary N) is 1. The second kappa shape index (κ2) is 6.17. The minimum absolute atomic E-state index is 0.219. The van der Waals surface area contributed by atoms with E-state index in [0.29, 0.717) is 22.7 Å². The molecular weight excluding hydrogens is 268 g/mol. The van der Waals surface area contributed by atoms with Gasteiger partial charge in [0.25, 0.3) is 5.91 Å². The van der Waals surface area contributed by atoms with Crippen molar-refractivity contribution in [2.24, 2.45) is 0 Å².